The minimum atomic E-state index is -0.142. The standard InChI is InChI=1S/C11H11NO2S2/c1-14-8-4-2-7(3-5-8)6-9-10(13)12-11(15)16-9/h2-6,11,15H,1H3,(H,12,13). The predicted molar refractivity (Wildman–Crippen MR) is 69.5 cm³/mol. The van der Waals surface area contributed by atoms with E-state index >= 15 is 0 Å². The van der Waals surface area contributed by atoms with Crippen LogP contribution in [-0.2, 0) is 4.79 Å². The lowest BCUT2D eigenvalue weighted by Gasteiger charge is -1.99. The van der Waals surface area contributed by atoms with Crippen LogP contribution in [0.2, 0.25) is 0 Å². The van der Waals surface area contributed by atoms with Crippen LogP contribution in [0.15, 0.2) is 29.2 Å². The monoisotopic (exact) mass is 253 g/mol. The molecule has 1 saturated heterocycles. The molecular formula is C11H11NO2S2. The molecule has 84 valence electrons. The second kappa shape index (κ2) is 4.84. The zero-order valence-electron chi connectivity index (χ0n) is 8.64. The highest BCUT2D eigenvalue weighted by molar-refractivity contribution is 8.14. The van der Waals surface area contributed by atoms with Crippen LogP contribution in [0, 0.1) is 0 Å². The van der Waals surface area contributed by atoms with Gasteiger partial charge in [-0.25, -0.2) is 0 Å². The summed E-state index contributed by atoms with van der Waals surface area (Å²) in [6.07, 6.45) is 1.84. The molecule has 0 aliphatic carbocycles. The molecule has 1 aromatic carbocycles. The van der Waals surface area contributed by atoms with E-state index in [2.05, 4.69) is 17.9 Å². The maximum atomic E-state index is 11.4. The topological polar surface area (TPSA) is 38.3 Å². The number of hydrogen-bond acceptors (Lipinski definition) is 4. The second-order valence-electron chi connectivity index (χ2n) is 3.23. The Labute approximate surface area is 104 Å². The van der Waals surface area contributed by atoms with Crippen LogP contribution in [0.3, 0.4) is 0 Å². The third-order valence-electron chi connectivity index (χ3n) is 2.13. The molecule has 0 spiro atoms. The van der Waals surface area contributed by atoms with Crippen molar-refractivity contribution in [1.82, 2.24) is 5.32 Å². The fourth-order valence-electron chi connectivity index (χ4n) is 1.34. The number of rotatable bonds is 2. The van der Waals surface area contributed by atoms with Gasteiger partial charge in [0.2, 0.25) is 0 Å². The van der Waals surface area contributed by atoms with Crippen LogP contribution in [0.4, 0.5) is 0 Å². The lowest BCUT2D eigenvalue weighted by molar-refractivity contribution is -0.116. The first-order valence-corrected chi connectivity index (χ1v) is 6.10. The zero-order valence-corrected chi connectivity index (χ0v) is 10.3. The van der Waals surface area contributed by atoms with Crippen LogP contribution < -0.4 is 10.1 Å². The molecule has 1 aromatic rings. The summed E-state index contributed by atoms with van der Waals surface area (Å²) in [5, 5.41) is 2.70. The number of nitrogens with one attached hydrogen (secondary N) is 1. The molecule has 1 unspecified atom stereocenters. The molecule has 3 nitrogen and oxygen atoms in total. The maximum absolute atomic E-state index is 11.4. The number of benzene rings is 1. The molecule has 1 heterocycles. The second-order valence-corrected chi connectivity index (χ2v) is 5.24. The Morgan fingerprint density at radius 3 is 2.62 bits per heavy atom. The van der Waals surface area contributed by atoms with Crippen LogP contribution in [-0.4, -0.2) is 17.7 Å². The minimum Gasteiger partial charge on any atom is -0.497 e. The molecule has 1 atom stereocenters. The van der Waals surface area contributed by atoms with E-state index in [1.807, 2.05) is 30.3 Å². The van der Waals surface area contributed by atoms with Gasteiger partial charge in [-0.2, -0.15) is 0 Å². The van der Waals surface area contributed by atoms with Crippen LogP contribution in [0.1, 0.15) is 5.56 Å². The van der Waals surface area contributed by atoms with E-state index in [0.29, 0.717) is 4.91 Å². The molecular weight excluding hydrogens is 242 g/mol. The first-order chi connectivity index (χ1) is 7.69. The quantitative estimate of drug-likeness (QED) is 0.626. The fraction of sp³-hybridized carbons (Fsp3) is 0.182. The highest BCUT2D eigenvalue weighted by Gasteiger charge is 2.23. The number of carbonyl (C=O) groups excluding carboxylic acids is 1. The van der Waals surface area contributed by atoms with E-state index in [-0.39, 0.29) is 10.6 Å². The predicted octanol–water partition coefficient (Wildman–Crippen LogP) is 2.11. The number of ether oxygens (including phenoxy) is 1. The van der Waals surface area contributed by atoms with Gasteiger partial charge in [0.15, 0.2) is 0 Å². The highest BCUT2D eigenvalue weighted by atomic mass is 32.2. The van der Waals surface area contributed by atoms with Crippen LogP contribution in [0.25, 0.3) is 6.08 Å². The minimum absolute atomic E-state index is 0.0687. The van der Waals surface area contributed by atoms with Gasteiger partial charge in [-0.1, -0.05) is 23.9 Å². The third kappa shape index (κ3) is 2.54. The summed E-state index contributed by atoms with van der Waals surface area (Å²) in [6.45, 7) is 0. The molecule has 16 heavy (non-hydrogen) atoms. The van der Waals surface area contributed by atoms with Crippen molar-refractivity contribution in [1.29, 1.82) is 0 Å². The Morgan fingerprint density at radius 1 is 1.44 bits per heavy atom. The smallest absolute Gasteiger partial charge is 0.259 e. The Kier molecular flexibility index (Phi) is 3.46. The molecule has 0 bridgehead atoms. The zero-order chi connectivity index (χ0) is 11.5. The lowest BCUT2D eigenvalue weighted by Crippen LogP contribution is -2.19. The molecule has 5 heteroatoms. The summed E-state index contributed by atoms with van der Waals surface area (Å²) in [5.74, 6) is 0.735. The largest absolute Gasteiger partial charge is 0.497 e. The average molecular weight is 253 g/mol. The Hall–Kier alpha value is -1.07. The number of carbonyl (C=O) groups is 1. The van der Waals surface area contributed by atoms with E-state index in [0.717, 1.165) is 11.3 Å². The molecule has 1 aliphatic heterocycles. The summed E-state index contributed by atoms with van der Waals surface area (Å²) in [4.78, 5) is 12.1. The van der Waals surface area contributed by atoms with Crippen LogP contribution >= 0.6 is 24.4 Å². The summed E-state index contributed by atoms with van der Waals surface area (Å²) >= 11 is 5.59. The van der Waals surface area contributed by atoms with Crippen molar-refractivity contribution >= 4 is 36.4 Å². The van der Waals surface area contributed by atoms with Crippen molar-refractivity contribution < 1.29 is 9.53 Å². The number of thioether (sulfide) groups is 1. The van der Waals surface area contributed by atoms with Gasteiger partial charge in [-0.3, -0.25) is 4.79 Å². The Morgan fingerprint density at radius 2 is 2.12 bits per heavy atom. The molecule has 2 rings (SSSR count). The average Bonchev–Trinajstić information content (AvgIpc) is 2.59. The van der Waals surface area contributed by atoms with Gasteiger partial charge in [0, 0.05) is 0 Å². The van der Waals surface area contributed by atoms with E-state index in [1.165, 1.54) is 11.8 Å². The number of amides is 1. The number of thiol groups is 1. The molecule has 1 fully saturated rings. The molecule has 0 radical (unpaired) electrons. The van der Waals surface area contributed by atoms with Gasteiger partial charge in [0.05, 0.1) is 12.0 Å². The summed E-state index contributed by atoms with van der Waals surface area (Å²) < 4.78 is 4.92. The summed E-state index contributed by atoms with van der Waals surface area (Å²) in [6, 6.07) is 7.54. The van der Waals surface area contributed by atoms with Gasteiger partial charge in [-0.05, 0) is 23.8 Å². The van der Waals surface area contributed by atoms with Gasteiger partial charge < -0.3 is 10.1 Å². The normalized spacial score (nSPS) is 22.2. The maximum Gasteiger partial charge on any atom is 0.259 e. The van der Waals surface area contributed by atoms with Gasteiger partial charge >= 0.3 is 0 Å². The van der Waals surface area contributed by atoms with Crippen molar-refractivity contribution in [2.75, 3.05) is 7.11 Å². The van der Waals surface area contributed by atoms with E-state index < -0.39 is 0 Å². The first-order valence-electron chi connectivity index (χ1n) is 4.70. The summed E-state index contributed by atoms with van der Waals surface area (Å²) in [7, 11) is 1.62. The van der Waals surface area contributed by atoms with Gasteiger partial charge in [0.25, 0.3) is 5.91 Å². The molecule has 0 aromatic heterocycles. The van der Waals surface area contributed by atoms with Crippen molar-refractivity contribution in [3.8, 4) is 5.75 Å². The first kappa shape index (κ1) is 11.4. The molecule has 1 N–H and O–H groups in total. The van der Waals surface area contributed by atoms with Gasteiger partial charge in [0.1, 0.15) is 10.5 Å². The van der Waals surface area contributed by atoms with Crippen LogP contribution in [0.5, 0.6) is 5.75 Å². The van der Waals surface area contributed by atoms with Crippen molar-refractivity contribution in [3.63, 3.8) is 0 Å². The molecule has 0 saturated carbocycles. The van der Waals surface area contributed by atoms with Gasteiger partial charge in [-0.15, -0.1) is 12.6 Å². The lowest BCUT2D eigenvalue weighted by atomic mass is 10.2. The molecule has 1 aliphatic rings. The number of hydrogen-bond donors (Lipinski definition) is 2. The Balaban J connectivity index is 2.19. The SMILES string of the molecule is COc1ccc(C=C2SC(S)NC2=O)cc1. The van der Waals surface area contributed by atoms with E-state index in [1.54, 1.807) is 7.11 Å². The van der Waals surface area contributed by atoms with E-state index in [4.69, 9.17) is 4.74 Å². The van der Waals surface area contributed by atoms with E-state index in [9.17, 15) is 4.79 Å². The fourth-order valence-corrected chi connectivity index (χ4v) is 2.57. The summed E-state index contributed by atoms with van der Waals surface area (Å²) in [5.41, 5.74) is 0.973. The van der Waals surface area contributed by atoms with Crippen molar-refractivity contribution in [3.05, 3.63) is 34.7 Å². The van der Waals surface area contributed by atoms with Crippen molar-refractivity contribution in [2.24, 2.45) is 0 Å². The Bertz CT molecular complexity index is 428. The molecule has 1 amide bonds. The third-order valence-corrected chi connectivity index (χ3v) is 3.47. The highest BCUT2D eigenvalue weighted by Crippen LogP contribution is 2.31. The van der Waals surface area contributed by atoms with Crippen molar-refractivity contribution in [2.45, 2.75) is 4.71 Å². The number of methoxy groups -OCH3 is 1.